The molecule has 1 amide bonds. The van der Waals surface area contributed by atoms with Crippen LogP contribution >= 0.6 is 15.9 Å². The fourth-order valence-corrected chi connectivity index (χ4v) is 2.92. The number of nitrogens with two attached hydrogens (primary N) is 1. The van der Waals surface area contributed by atoms with Crippen molar-refractivity contribution >= 4 is 37.5 Å². The molecule has 0 spiro atoms. The van der Waals surface area contributed by atoms with Gasteiger partial charge in [0.25, 0.3) is 0 Å². The number of halogens is 2. The normalized spacial score (nSPS) is 20.5. The van der Waals surface area contributed by atoms with E-state index < -0.39 is 27.0 Å². The molecule has 0 radical (unpaired) electrons. The SMILES string of the molecule is NS(=O)(=O)C1CC(=O)N(c2cccc(Br)c2F)C1. The van der Waals surface area contributed by atoms with Crippen molar-refractivity contribution < 1.29 is 17.6 Å². The maximum Gasteiger partial charge on any atom is 0.228 e. The summed E-state index contributed by atoms with van der Waals surface area (Å²) in [5, 5.41) is 4.02. The molecule has 1 fully saturated rings. The van der Waals surface area contributed by atoms with Crippen LogP contribution in [-0.2, 0) is 14.8 Å². The summed E-state index contributed by atoms with van der Waals surface area (Å²) in [5.41, 5.74) is 0.0560. The zero-order chi connectivity index (χ0) is 13.5. The topological polar surface area (TPSA) is 80.5 Å². The van der Waals surface area contributed by atoms with Crippen molar-refractivity contribution in [3.8, 4) is 0 Å². The van der Waals surface area contributed by atoms with E-state index in [1.165, 1.54) is 12.1 Å². The lowest BCUT2D eigenvalue weighted by Gasteiger charge is -2.17. The number of carbonyl (C=O) groups excluding carboxylic acids is 1. The van der Waals surface area contributed by atoms with E-state index >= 15 is 0 Å². The average Bonchev–Trinajstić information content (AvgIpc) is 2.64. The van der Waals surface area contributed by atoms with E-state index in [1.807, 2.05) is 0 Å². The Morgan fingerprint density at radius 3 is 2.67 bits per heavy atom. The third-order valence-corrected chi connectivity index (χ3v) is 4.63. The van der Waals surface area contributed by atoms with Crippen LogP contribution in [0.4, 0.5) is 10.1 Å². The maximum atomic E-state index is 13.8. The quantitative estimate of drug-likeness (QED) is 0.874. The zero-order valence-corrected chi connectivity index (χ0v) is 11.5. The monoisotopic (exact) mass is 336 g/mol. The molecule has 1 aliphatic heterocycles. The minimum atomic E-state index is -3.80. The van der Waals surface area contributed by atoms with Crippen molar-refractivity contribution in [1.82, 2.24) is 0 Å². The standard InChI is InChI=1S/C10H10BrFN2O3S/c11-7-2-1-3-8(10(7)12)14-5-6(4-9(14)15)18(13,16)17/h1-3,6H,4-5H2,(H2,13,16,17). The molecule has 18 heavy (non-hydrogen) atoms. The second-order valence-electron chi connectivity index (χ2n) is 3.99. The van der Waals surface area contributed by atoms with Gasteiger partial charge in [-0.05, 0) is 28.1 Å². The number of hydrogen-bond acceptors (Lipinski definition) is 3. The van der Waals surface area contributed by atoms with Crippen molar-refractivity contribution in [2.75, 3.05) is 11.4 Å². The molecule has 1 atom stereocenters. The predicted octanol–water partition coefficient (Wildman–Crippen LogP) is 0.982. The first-order valence-electron chi connectivity index (χ1n) is 5.06. The Hall–Kier alpha value is -0.990. The molecule has 1 heterocycles. The first kappa shape index (κ1) is 13.4. The van der Waals surface area contributed by atoms with Crippen LogP contribution in [0.3, 0.4) is 0 Å². The number of hydrogen-bond donors (Lipinski definition) is 1. The molecule has 0 bridgehead atoms. The molecule has 0 aliphatic carbocycles. The van der Waals surface area contributed by atoms with E-state index in [1.54, 1.807) is 6.07 Å². The number of sulfonamides is 1. The third-order valence-electron chi connectivity index (χ3n) is 2.78. The van der Waals surface area contributed by atoms with Gasteiger partial charge in [0, 0.05) is 13.0 Å². The van der Waals surface area contributed by atoms with E-state index in [4.69, 9.17) is 5.14 Å². The van der Waals surface area contributed by atoms with Crippen LogP contribution in [0, 0.1) is 5.82 Å². The van der Waals surface area contributed by atoms with E-state index in [0.29, 0.717) is 0 Å². The second-order valence-corrected chi connectivity index (χ2v) is 6.69. The minimum Gasteiger partial charge on any atom is -0.308 e. The number of carbonyl (C=O) groups is 1. The fourth-order valence-electron chi connectivity index (χ4n) is 1.83. The highest BCUT2D eigenvalue weighted by atomic mass is 79.9. The number of anilines is 1. The predicted molar refractivity (Wildman–Crippen MR) is 68.0 cm³/mol. The molecular formula is C10H10BrFN2O3S. The van der Waals surface area contributed by atoms with E-state index in [9.17, 15) is 17.6 Å². The summed E-state index contributed by atoms with van der Waals surface area (Å²) in [4.78, 5) is 12.8. The number of amides is 1. The Morgan fingerprint density at radius 2 is 2.11 bits per heavy atom. The zero-order valence-electron chi connectivity index (χ0n) is 9.14. The van der Waals surface area contributed by atoms with Gasteiger partial charge in [0.2, 0.25) is 15.9 Å². The Bertz CT molecular complexity index is 605. The number of primary sulfonamides is 1. The number of nitrogens with zero attached hydrogens (tertiary/aromatic N) is 1. The van der Waals surface area contributed by atoms with Crippen molar-refractivity contribution in [3.63, 3.8) is 0 Å². The van der Waals surface area contributed by atoms with Gasteiger partial charge < -0.3 is 4.90 Å². The summed E-state index contributed by atoms with van der Waals surface area (Å²) in [6, 6.07) is 4.49. The van der Waals surface area contributed by atoms with Crippen molar-refractivity contribution in [2.45, 2.75) is 11.7 Å². The summed E-state index contributed by atoms with van der Waals surface area (Å²) >= 11 is 3.01. The fraction of sp³-hybridized carbons (Fsp3) is 0.300. The lowest BCUT2D eigenvalue weighted by molar-refractivity contribution is -0.117. The van der Waals surface area contributed by atoms with Gasteiger partial charge in [0.05, 0.1) is 10.2 Å². The van der Waals surface area contributed by atoms with Gasteiger partial charge in [-0.15, -0.1) is 0 Å². The molecule has 8 heteroatoms. The first-order valence-corrected chi connectivity index (χ1v) is 7.47. The average molecular weight is 337 g/mol. The van der Waals surface area contributed by atoms with Crippen LogP contribution < -0.4 is 10.0 Å². The van der Waals surface area contributed by atoms with Crippen LogP contribution in [0.1, 0.15) is 6.42 Å². The Labute approximate surface area is 112 Å². The second kappa shape index (κ2) is 4.60. The minimum absolute atomic E-state index is 0.0560. The molecule has 1 saturated heterocycles. The van der Waals surface area contributed by atoms with Crippen LogP contribution in [0.2, 0.25) is 0 Å². The Kier molecular flexibility index (Phi) is 3.43. The van der Waals surface area contributed by atoms with Gasteiger partial charge >= 0.3 is 0 Å². The molecule has 1 unspecified atom stereocenters. The van der Waals surface area contributed by atoms with Gasteiger partial charge in [-0.3, -0.25) is 4.79 Å². The van der Waals surface area contributed by atoms with E-state index in [-0.39, 0.29) is 23.1 Å². The van der Waals surface area contributed by atoms with Crippen LogP contribution in [0.15, 0.2) is 22.7 Å². The van der Waals surface area contributed by atoms with Crippen LogP contribution in [0.25, 0.3) is 0 Å². The highest BCUT2D eigenvalue weighted by Crippen LogP contribution is 2.30. The van der Waals surface area contributed by atoms with E-state index in [2.05, 4.69) is 15.9 Å². The Balaban J connectivity index is 2.36. The summed E-state index contributed by atoms with van der Waals surface area (Å²) in [6.07, 6.45) is -0.217. The third kappa shape index (κ3) is 2.40. The maximum absolute atomic E-state index is 13.8. The van der Waals surface area contributed by atoms with Crippen molar-refractivity contribution in [2.24, 2.45) is 5.14 Å². The molecule has 1 aromatic rings. The summed E-state index contributed by atoms with van der Waals surface area (Å²) in [5.74, 6) is -1.05. The van der Waals surface area contributed by atoms with Crippen LogP contribution in [0.5, 0.6) is 0 Å². The van der Waals surface area contributed by atoms with Gasteiger partial charge in [-0.1, -0.05) is 6.07 Å². The van der Waals surface area contributed by atoms with Gasteiger partial charge in [0.15, 0.2) is 5.82 Å². The largest absolute Gasteiger partial charge is 0.308 e. The molecule has 0 aromatic heterocycles. The first-order chi connectivity index (χ1) is 8.30. The molecule has 1 aliphatic rings. The Morgan fingerprint density at radius 1 is 1.44 bits per heavy atom. The lowest BCUT2D eigenvalue weighted by Crippen LogP contribution is -2.32. The molecule has 2 rings (SSSR count). The number of benzene rings is 1. The molecular weight excluding hydrogens is 327 g/mol. The van der Waals surface area contributed by atoms with Crippen molar-refractivity contribution in [1.29, 1.82) is 0 Å². The van der Waals surface area contributed by atoms with Gasteiger partial charge in [-0.2, -0.15) is 0 Å². The summed E-state index contributed by atoms with van der Waals surface area (Å²) in [7, 11) is -3.80. The molecule has 2 N–H and O–H groups in total. The molecule has 98 valence electrons. The summed E-state index contributed by atoms with van der Waals surface area (Å²) < 4.78 is 36.5. The highest BCUT2D eigenvalue weighted by molar-refractivity contribution is 9.10. The van der Waals surface area contributed by atoms with Crippen LogP contribution in [-0.4, -0.2) is 26.1 Å². The lowest BCUT2D eigenvalue weighted by atomic mass is 10.3. The van der Waals surface area contributed by atoms with Gasteiger partial charge in [-0.25, -0.2) is 17.9 Å². The summed E-state index contributed by atoms with van der Waals surface area (Å²) in [6.45, 7) is -0.120. The van der Waals surface area contributed by atoms with E-state index in [0.717, 1.165) is 4.90 Å². The van der Waals surface area contributed by atoms with Crippen molar-refractivity contribution in [3.05, 3.63) is 28.5 Å². The highest BCUT2D eigenvalue weighted by Gasteiger charge is 2.38. The number of rotatable bonds is 2. The molecule has 5 nitrogen and oxygen atoms in total. The van der Waals surface area contributed by atoms with Gasteiger partial charge in [0.1, 0.15) is 5.25 Å². The molecule has 0 saturated carbocycles. The molecule has 1 aromatic carbocycles. The smallest absolute Gasteiger partial charge is 0.228 e.